The number of halogens is 1. The van der Waals surface area contributed by atoms with Crippen LogP contribution >= 0.6 is 22.9 Å². The lowest BCUT2D eigenvalue weighted by molar-refractivity contribution is 0.509. The summed E-state index contributed by atoms with van der Waals surface area (Å²) in [5, 5.41) is 1.62. The third-order valence-corrected chi connectivity index (χ3v) is 5.49. The van der Waals surface area contributed by atoms with E-state index in [1.807, 2.05) is 11.3 Å². The average Bonchev–Trinajstić information content (AvgIpc) is 2.76. The predicted octanol–water partition coefficient (Wildman–Crippen LogP) is 4.32. The topological polar surface area (TPSA) is 29.0 Å². The molecule has 108 valence electrons. The number of rotatable bonds is 3. The van der Waals surface area contributed by atoms with Crippen LogP contribution in [0.15, 0.2) is 0 Å². The second-order valence-corrected chi connectivity index (χ2v) is 6.94. The molecule has 3 rings (SSSR count). The summed E-state index contributed by atoms with van der Waals surface area (Å²) in [5.41, 5.74) is 1.47. The molecule has 0 saturated heterocycles. The van der Waals surface area contributed by atoms with Crippen molar-refractivity contribution in [2.45, 2.75) is 40.0 Å². The van der Waals surface area contributed by atoms with Crippen LogP contribution in [0.5, 0.6) is 0 Å². The van der Waals surface area contributed by atoms with Crippen molar-refractivity contribution in [1.29, 1.82) is 0 Å². The molecule has 20 heavy (non-hydrogen) atoms. The maximum Gasteiger partial charge on any atom is 0.225 e. The molecule has 0 fully saturated rings. The van der Waals surface area contributed by atoms with Gasteiger partial charge < -0.3 is 4.90 Å². The molecule has 5 heteroatoms. The Morgan fingerprint density at radius 3 is 2.75 bits per heavy atom. The molecule has 0 saturated carbocycles. The molecular weight excluding hydrogens is 290 g/mol. The number of thiophene rings is 1. The minimum Gasteiger partial charge on any atom is -0.356 e. The highest BCUT2D eigenvalue weighted by atomic mass is 35.5. The number of aromatic nitrogens is 2. The normalized spacial score (nSPS) is 18.3. The fourth-order valence-corrected chi connectivity index (χ4v) is 4.64. The van der Waals surface area contributed by atoms with Crippen molar-refractivity contribution in [2.24, 2.45) is 5.92 Å². The summed E-state index contributed by atoms with van der Waals surface area (Å²) in [6, 6.07) is 0. The van der Waals surface area contributed by atoms with Gasteiger partial charge in [-0.3, -0.25) is 0 Å². The zero-order valence-corrected chi connectivity index (χ0v) is 13.8. The van der Waals surface area contributed by atoms with Crippen LogP contribution in [0.25, 0.3) is 10.2 Å². The summed E-state index contributed by atoms with van der Waals surface area (Å²) in [6.45, 7) is 8.54. The van der Waals surface area contributed by atoms with E-state index in [4.69, 9.17) is 11.6 Å². The van der Waals surface area contributed by atoms with Gasteiger partial charge in [0.2, 0.25) is 5.28 Å². The lowest BCUT2D eigenvalue weighted by atomic mass is 9.89. The molecule has 2 heterocycles. The Morgan fingerprint density at radius 2 is 2.05 bits per heavy atom. The van der Waals surface area contributed by atoms with E-state index in [-0.39, 0.29) is 0 Å². The minimum absolute atomic E-state index is 0.367. The molecule has 0 aromatic carbocycles. The van der Waals surface area contributed by atoms with E-state index in [2.05, 4.69) is 35.6 Å². The zero-order chi connectivity index (χ0) is 14.3. The van der Waals surface area contributed by atoms with E-state index < -0.39 is 0 Å². The van der Waals surface area contributed by atoms with Gasteiger partial charge in [0.05, 0.1) is 5.39 Å². The maximum atomic E-state index is 6.13. The van der Waals surface area contributed by atoms with E-state index in [9.17, 15) is 0 Å². The number of anilines is 1. The Morgan fingerprint density at radius 1 is 1.30 bits per heavy atom. The monoisotopic (exact) mass is 309 g/mol. The van der Waals surface area contributed by atoms with Crippen molar-refractivity contribution < 1.29 is 0 Å². The number of aryl methyl sites for hydroxylation is 1. The summed E-state index contributed by atoms with van der Waals surface area (Å²) in [5.74, 6) is 1.80. The SMILES string of the molecule is CCN(CC)c1nc(Cl)nc2sc3c(c12)CCC(C)C3. The summed E-state index contributed by atoms with van der Waals surface area (Å²) in [7, 11) is 0. The molecule has 0 amide bonds. The summed E-state index contributed by atoms with van der Waals surface area (Å²) in [6.07, 6.45) is 3.58. The fourth-order valence-electron chi connectivity index (χ4n) is 3.05. The fraction of sp³-hybridized carbons (Fsp3) is 0.600. The first-order valence-corrected chi connectivity index (χ1v) is 8.56. The van der Waals surface area contributed by atoms with E-state index in [0.29, 0.717) is 5.28 Å². The number of hydrogen-bond donors (Lipinski definition) is 0. The van der Waals surface area contributed by atoms with Crippen LogP contribution in [0.2, 0.25) is 5.28 Å². The Labute approximate surface area is 129 Å². The van der Waals surface area contributed by atoms with Crippen LogP contribution in [0.4, 0.5) is 5.82 Å². The molecule has 0 N–H and O–H groups in total. The summed E-state index contributed by atoms with van der Waals surface area (Å²) in [4.78, 5) is 13.8. The first kappa shape index (κ1) is 14.1. The largest absolute Gasteiger partial charge is 0.356 e. The molecule has 0 radical (unpaired) electrons. The van der Waals surface area contributed by atoms with Crippen molar-refractivity contribution in [2.75, 3.05) is 18.0 Å². The van der Waals surface area contributed by atoms with Crippen molar-refractivity contribution >= 4 is 39.0 Å². The molecule has 1 aliphatic rings. The van der Waals surface area contributed by atoms with Gasteiger partial charge in [0.25, 0.3) is 0 Å². The van der Waals surface area contributed by atoms with Gasteiger partial charge in [-0.25, -0.2) is 4.98 Å². The van der Waals surface area contributed by atoms with Crippen LogP contribution in [0.3, 0.4) is 0 Å². The second-order valence-electron chi connectivity index (χ2n) is 5.52. The van der Waals surface area contributed by atoms with Gasteiger partial charge in [-0.1, -0.05) is 6.92 Å². The van der Waals surface area contributed by atoms with Crippen LogP contribution < -0.4 is 4.90 Å². The highest BCUT2D eigenvalue weighted by Crippen LogP contribution is 2.41. The Kier molecular flexibility index (Phi) is 3.87. The molecule has 3 nitrogen and oxygen atoms in total. The molecule has 1 atom stereocenters. The van der Waals surface area contributed by atoms with Gasteiger partial charge in [-0.05, 0) is 56.2 Å². The van der Waals surface area contributed by atoms with Crippen molar-refractivity contribution in [3.05, 3.63) is 15.7 Å². The molecule has 1 unspecified atom stereocenters. The number of nitrogens with zero attached hydrogens (tertiary/aromatic N) is 3. The lowest BCUT2D eigenvalue weighted by Gasteiger charge is -2.23. The first-order chi connectivity index (χ1) is 9.63. The van der Waals surface area contributed by atoms with Crippen molar-refractivity contribution in [3.63, 3.8) is 0 Å². The van der Waals surface area contributed by atoms with Crippen LogP contribution in [-0.2, 0) is 12.8 Å². The molecule has 1 aliphatic carbocycles. The quantitative estimate of drug-likeness (QED) is 0.791. The van der Waals surface area contributed by atoms with Gasteiger partial charge in [0, 0.05) is 18.0 Å². The lowest BCUT2D eigenvalue weighted by Crippen LogP contribution is -2.23. The van der Waals surface area contributed by atoms with Gasteiger partial charge in [0.15, 0.2) is 0 Å². The highest BCUT2D eigenvalue weighted by molar-refractivity contribution is 7.19. The molecule has 0 spiro atoms. The van der Waals surface area contributed by atoms with Gasteiger partial charge in [-0.2, -0.15) is 4.98 Å². The predicted molar refractivity (Wildman–Crippen MR) is 87.2 cm³/mol. The Balaban J connectivity index is 2.23. The average molecular weight is 310 g/mol. The van der Waals surface area contributed by atoms with E-state index >= 15 is 0 Å². The number of fused-ring (bicyclic) bond motifs is 3. The Hall–Kier alpha value is -0.870. The molecule has 2 aromatic heterocycles. The zero-order valence-electron chi connectivity index (χ0n) is 12.2. The Bertz CT molecular complexity index is 634. The van der Waals surface area contributed by atoms with Crippen LogP contribution in [0.1, 0.15) is 37.6 Å². The summed E-state index contributed by atoms with van der Waals surface area (Å²) >= 11 is 7.94. The molecule has 2 aromatic rings. The van der Waals surface area contributed by atoms with E-state index in [0.717, 1.165) is 36.1 Å². The summed E-state index contributed by atoms with van der Waals surface area (Å²) < 4.78 is 0. The molecule has 0 bridgehead atoms. The number of hydrogen-bond acceptors (Lipinski definition) is 4. The first-order valence-electron chi connectivity index (χ1n) is 7.36. The van der Waals surface area contributed by atoms with Gasteiger partial charge >= 0.3 is 0 Å². The third-order valence-electron chi connectivity index (χ3n) is 4.17. The van der Waals surface area contributed by atoms with Crippen LogP contribution in [-0.4, -0.2) is 23.1 Å². The molecular formula is C15H20ClN3S. The van der Waals surface area contributed by atoms with Gasteiger partial charge in [0.1, 0.15) is 10.6 Å². The third kappa shape index (κ3) is 2.29. The minimum atomic E-state index is 0.367. The van der Waals surface area contributed by atoms with Crippen molar-refractivity contribution in [3.8, 4) is 0 Å². The van der Waals surface area contributed by atoms with Crippen molar-refractivity contribution in [1.82, 2.24) is 9.97 Å². The maximum absolute atomic E-state index is 6.13. The smallest absolute Gasteiger partial charge is 0.225 e. The molecule has 0 aliphatic heterocycles. The van der Waals surface area contributed by atoms with E-state index in [1.165, 1.54) is 28.7 Å². The van der Waals surface area contributed by atoms with E-state index in [1.54, 1.807) is 0 Å². The van der Waals surface area contributed by atoms with Crippen LogP contribution in [0, 0.1) is 5.92 Å². The van der Waals surface area contributed by atoms with Gasteiger partial charge in [-0.15, -0.1) is 11.3 Å². The highest BCUT2D eigenvalue weighted by Gasteiger charge is 2.25. The standard InChI is InChI=1S/C15H20ClN3S/c1-4-19(5-2)13-12-10-7-6-9(3)8-11(10)20-14(12)18-15(16)17-13/h9H,4-8H2,1-3H3. The second kappa shape index (κ2) is 5.49.